The number of nitrogens with zero attached hydrogens (tertiary/aromatic N) is 3. The molecule has 1 aromatic heterocycles. The van der Waals surface area contributed by atoms with Gasteiger partial charge in [-0.2, -0.15) is 5.10 Å². The van der Waals surface area contributed by atoms with Crippen LogP contribution in [0.15, 0.2) is 0 Å². The van der Waals surface area contributed by atoms with E-state index in [-0.39, 0.29) is 0 Å². The van der Waals surface area contributed by atoms with Crippen molar-refractivity contribution in [3.63, 3.8) is 0 Å². The first-order valence-corrected chi connectivity index (χ1v) is 8.66. The monoisotopic (exact) mass is 310 g/mol. The van der Waals surface area contributed by atoms with Crippen molar-refractivity contribution in [3.8, 4) is 0 Å². The van der Waals surface area contributed by atoms with E-state index in [1.165, 1.54) is 32.1 Å². The van der Waals surface area contributed by atoms with Crippen molar-refractivity contribution in [1.29, 1.82) is 0 Å². The van der Waals surface area contributed by atoms with Crippen LogP contribution in [-0.2, 0) is 13.6 Å². The summed E-state index contributed by atoms with van der Waals surface area (Å²) in [5.74, 6) is 0.866. The summed E-state index contributed by atoms with van der Waals surface area (Å²) in [6.45, 7) is 6.24. The predicted octanol–water partition coefficient (Wildman–Crippen LogP) is 2.74. The van der Waals surface area contributed by atoms with E-state index >= 15 is 0 Å². The largest absolute Gasteiger partial charge is 0.311 e. The third kappa shape index (κ3) is 3.43. The van der Waals surface area contributed by atoms with Gasteiger partial charge < -0.3 is 5.32 Å². The number of aromatic nitrogens is 2. The molecule has 1 N–H and O–H groups in total. The Labute approximate surface area is 132 Å². The average molecular weight is 311 g/mol. The van der Waals surface area contributed by atoms with Crippen LogP contribution in [0.4, 0.5) is 0 Å². The van der Waals surface area contributed by atoms with E-state index in [1.54, 1.807) is 0 Å². The molecule has 2 fully saturated rings. The number of rotatable bonds is 3. The SMILES string of the molecule is Cc1nn(C)c(CN2CCNC(C3CCCCC3)C2)c1Cl. The van der Waals surface area contributed by atoms with E-state index in [1.807, 2.05) is 18.7 Å². The maximum absolute atomic E-state index is 6.39. The van der Waals surface area contributed by atoms with Gasteiger partial charge in [-0.3, -0.25) is 9.58 Å². The Morgan fingerprint density at radius 1 is 1.29 bits per heavy atom. The molecule has 1 saturated heterocycles. The summed E-state index contributed by atoms with van der Waals surface area (Å²) in [5.41, 5.74) is 2.09. The van der Waals surface area contributed by atoms with Crippen LogP contribution < -0.4 is 5.32 Å². The fourth-order valence-corrected chi connectivity index (χ4v) is 4.12. The zero-order valence-corrected chi connectivity index (χ0v) is 14.0. The minimum absolute atomic E-state index is 0.659. The van der Waals surface area contributed by atoms with Crippen LogP contribution in [0.1, 0.15) is 43.5 Å². The maximum atomic E-state index is 6.39. The zero-order valence-electron chi connectivity index (χ0n) is 13.2. The highest BCUT2D eigenvalue weighted by Gasteiger charge is 2.28. The minimum atomic E-state index is 0.659. The standard InChI is InChI=1S/C16H27ClN4/c1-12-16(17)15(20(2)19-12)11-21-9-8-18-14(10-21)13-6-4-3-5-7-13/h13-14,18H,3-11H2,1-2H3. The van der Waals surface area contributed by atoms with Gasteiger partial charge in [-0.05, 0) is 25.7 Å². The lowest BCUT2D eigenvalue weighted by Crippen LogP contribution is -2.53. The number of nitrogens with one attached hydrogen (secondary N) is 1. The third-order valence-corrected chi connectivity index (χ3v) is 5.63. The molecule has 3 rings (SSSR count). The van der Waals surface area contributed by atoms with Crippen molar-refractivity contribution in [2.75, 3.05) is 19.6 Å². The molecule has 0 bridgehead atoms. The highest BCUT2D eigenvalue weighted by molar-refractivity contribution is 6.31. The van der Waals surface area contributed by atoms with Crippen molar-refractivity contribution in [2.45, 2.75) is 51.6 Å². The Hall–Kier alpha value is -0.580. The lowest BCUT2D eigenvalue weighted by molar-refractivity contribution is 0.139. The molecule has 4 nitrogen and oxygen atoms in total. The second-order valence-electron chi connectivity index (χ2n) is 6.66. The number of piperazine rings is 1. The van der Waals surface area contributed by atoms with Crippen molar-refractivity contribution in [1.82, 2.24) is 20.0 Å². The van der Waals surface area contributed by atoms with Gasteiger partial charge in [0.05, 0.1) is 16.4 Å². The molecule has 118 valence electrons. The van der Waals surface area contributed by atoms with Gasteiger partial charge in [-0.15, -0.1) is 0 Å². The Bertz CT molecular complexity index is 479. The van der Waals surface area contributed by atoms with Gasteiger partial charge >= 0.3 is 0 Å². The van der Waals surface area contributed by atoms with Gasteiger partial charge in [0.1, 0.15) is 0 Å². The summed E-state index contributed by atoms with van der Waals surface area (Å²) in [6, 6.07) is 0.659. The molecule has 0 radical (unpaired) electrons. The van der Waals surface area contributed by atoms with Crippen LogP contribution in [-0.4, -0.2) is 40.4 Å². The van der Waals surface area contributed by atoms with Gasteiger partial charge in [0, 0.05) is 39.3 Å². The normalized spacial score (nSPS) is 25.4. The molecular weight excluding hydrogens is 284 g/mol. The van der Waals surface area contributed by atoms with E-state index < -0.39 is 0 Å². The third-order valence-electron chi connectivity index (χ3n) is 5.14. The Morgan fingerprint density at radius 2 is 2.05 bits per heavy atom. The molecule has 0 spiro atoms. The Kier molecular flexibility index (Phi) is 4.87. The van der Waals surface area contributed by atoms with Crippen LogP contribution in [0.3, 0.4) is 0 Å². The topological polar surface area (TPSA) is 33.1 Å². The fraction of sp³-hybridized carbons (Fsp3) is 0.812. The molecule has 1 saturated carbocycles. The van der Waals surface area contributed by atoms with Gasteiger partial charge in [0.25, 0.3) is 0 Å². The van der Waals surface area contributed by atoms with Gasteiger partial charge in [0.2, 0.25) is 0 Å². The fourth-order valence-electron chi connectivity index (χ4n) is 3.90. The molecule has 1 aliphatic heterocycles. The first kappa shape index (κ1) is 15.3. The lowest BCUT2D eigenvalue weighted by atomic mass is 9.83. The molecule has 21 heavy (non-hydrogen) atoms. The molecular formula is C16H27ClN4. The van der Waals surface area contributed by atoms with Gasteiger partial charge in [-0.25, -0.2) is 0 Å². The molecule has 5 heteroatoms. The summed E-state index contributed by atoms with van der Waals surface area (Å²) < 4.78 is 1.94. The van der Waals surface area contributed by atoms with Crippen LogP contribution in [0, 0.1) is 12.8 Å². The summed E-state index contributed by atoms with van der Waals surface area (Å²) in [5, 5.41) is 9.01. The van der Waals surface area contributed by atoms with Crippen LogP contribution in [0.2, 0.25) is 5.02 Å². The minimum Gasteiger partial charge on any atom is -0.311 e. The lowest BCUT2D eigenvalue weighted by Gasteiger charge is -2.39. The Balaban J connectivity index is 1.63. The highest BCUT2D eigenvalue weighted by Crippen LogP contribution is 2.28. The zero-order chi connectivity index (χ0) is 14.8. The molecule has 0 aromatic carbocycles. The van der Waals surface area contributed by atoms with Gasteiger partial charge in [0.15, 0.2) is 0 Å². The van der Waals surface area contributed by atoms with Crippen molar-refractivity contribution < 1.29 is 0 Å². The smallest absolute Gasteiger partial charge is 0.0860 e. The Morgan fingerprint density at radius 3 is 2.71 bits per heavy atom. The number of halogens is 1. The van der Waals surface area contributed by atoms with Crippen molar-refractivity contribution in [3.05, 3.63) is 16.4 Å². The van der Waals surface area contributed by atoms with Gasteiger partial charge in [-0.1, -0.05) is 30.9 Å². The summed E-state index contributed by atoms with van der Waals surface area (Å²) in [7, 11) is 2.00. The maximum Gasteiger partial charge on any atom is 0.0860 e. The van der Waals surface area contributed by atoms with Crippen LogP contribution in [0.25, 0.3) is 0 Å². The summed E-state index contributed by atoms with van der Waals surface area (Å²) in [4.78, 5) is 2.54. The van der Waals surface area contributed by atoms with Crippen molar-refractivity contribution in [2.24, 2.45) is 13.0 Å². The molecule has 0 amide bonds. The second kappa shape index (κ2) is 6.67. The molecule has 2 heterocycles. The molecule has 1 aromatic rings. The van der Waals surface area contributed by atoms with Crippen LogP contribution in [0.5, 0.6) is 0 Å². The number of aryl methyl sites for hydroxylation is 2. The first-order chi connectivity index (χ1) is 10.1. The quantitative estimate of drug-likeness (QED) is 0.932. The highest BCUT2D eigenvalue weighted by atomic mass is 35.5. The van der Waals surface area contributed by atoms with E-state index in [0.717, 1.165) is 48.5 Å². The summed E-state index contributed by atoms with van der Waals surface area (Å²) >= 11 is 6.39. The number of hydrogen-bond acceptors (Lipinski definition) is 3. The van der Waals surface area contributed by atoms with E-state index in [0.29, 0.717) is 6.04 Å². The molecule has 1 aliphatic carbocycles. The van der Waals surface area contributed by atoms with Crippen LogP contribution >= 0.6 is 11.6 Å². The van der Waals surface area contributed by atoms with E-state index in [4.69, 9.17) is 11.6 Å². The predicted molar refractivity (Wildman–Crippen MR) is 86.6 cm³/mol. The van der Waals surface area contributed by atoms with E-state index in [2.05, 4.69) is 15.3 Å². The molecule has 2 aliphatic rings. The number of hydrogen-bond donors (Lipinski definition) is 1. The molecule has 1 atom stereocenters. The molecule has 1 unspecified atom stereocenters. The second-order valence-corrected chi connectivity index (χ2v) is 7.04. The summed E-state index contributed by atoms with van der Waals surface area (Å²) in [6.07, 6.45) is 7.05. The van der Waals surface area contributed by atoms with E-state index in [9.17, 15) is 0 Å². The average Bonchev–Trinajstić information content (AvgIpc) is 2.75. The van der Waals surface area contributed by atoms with Crippen molar-refractivity contribution >= 4 is 11.6 Å². The first-order valence-electron chi connectivity index (χ1n) is 8.29.